The van der Waals surface area contributed by atoms with E-state index in [1.165, 1.54) is 6.20 Å². The molecule has 0 heterocycles. The molecule has 0 aromatic heterocycles. The highest BCUT2D eigenvalue weighted by molar-refractivity contribution is 4.74. The summed E-state index contributed by atoms with van der Waals surface area (Å²) in [5.74, 6) is 6.15. The van der Waals surface area contributed by atoms with Crippen molar-refractivity contribution in [2.45, 2.75) is 20.3 Å². The van der Waals surface area contributed by atoms with E-state index in [0.717, 1.165) is 13.0 Å². The van der Waals surface area contributed by atoms with Gasteiger partial charge in [0.1, 0.15) is 0 Å². The summed E-state index contributed by atoms with van der Waals surface area (Å²) in [6.07, 6.45) is 4.26. The van der Waals surface area contributed by atoms with E-state index in [-0.39, 0.29) is 0 Å². The summed E-state index contributed by atoms with van der Waals surface area (Å²) in [4.78, 5) is 0. The van der Waals surface area contributed by atoms with Crippen LogP contribution in [0.2, 0.25) is 0 Å². The van der Waals surface area contributed by atoms with Crippen LogP contribution in [-0.2, 0) is 0 Å². The van der Waals surface area contributed by atoms with Gasteiger partial charge >= 0.3 is 0 Å². The summed E-state index contributed by atoms with van der Waals surface area (Å²) in [6, 6.07) is 0. The third-order valence-corrected chi connectivity index (χ3v) is 1.50. The third kappa shape index (κ3) is 4.21. The Bertz CT molecular complexity index is 101. The van der Waals surface area contributed by atoms with Crippen LogP contribution in [0.5, 0.6) is 0 Å². The zero-order valence-electron chi connectivity index (χ0n) is 6.75. The first-order chi connectivity index (χ1) is 4.70. The fraction of sp³-hybridized carbons (Fsp3) is 0.714. The van der Waals surface area contributed by atoms with E-state index in [4.69, 9.17) is 11.6 Å². The topological polar surface area (TPSA) is 55.3 Å². The van der Waals surface area contributed by atoms with Crippen molar-refractivity contribution in [1.29, 1.82) is 0 Å². The molecule has 1 atom stereocenters. The molecule has 4 N–H and O–H groups in total. The monoisotopic (exact) mass is 143 g/mol. The van der Waals surface area contributed by atoms with Crippen LogP contribution in [-0.4, -0.2) is 11.6 Å². The number of hydrazine groups is 1. The maximum Gasteiger partial charge on any atom is 0.0361 e. The van der Waals surface area contributed by atoms with E-state index in [1.54, 1.807) is 11.2 Å². The molecule has 0 aliphatic heterocycles. The number of hydrogen-bond donors (Lipinski definition) is 2. The molecule has 0 bridgehead atoms. The third-order valence-electron chi connectivity index (χ3n) is 1.50. The Morgan fingerprint density at radius 3 is 2.60 bits per heavy atom. The van der Waals surface area contributed by atoms with Crippen molar-refractivity contribution in [1.82, 2.24) is 5.01 Å². The minimum absolute atomic E-state index is 0.626. The Balaban J connectivity index is 3.46. The lowest BCUT2D eigenvalue weighted by atomic mass is 10.1. The zero-order valence-corrected chi connectivity index (χ0v) is 6.75. The van der Waals surface area contributed by atoms with Gasteiger partial charge in [0, 0.05) is 18.9 Å². The van der Waals surface area contributed by atoms with Crippen molar-refractivity contribution < 1.29 is 0 Å². The lowest BCUT2D eigenvalue weighted by Crippen LogP contribution is -2.29. The largest absolute Gasteiger partial charge is 0.403 e. The summed E-state index contributed by atoms with van der Waals surface area (Å²) >= 11 is 0. The first-order valence-electron chi connectivity index (χ1n) is 3.60. The highest BCUT2D eigenvalue weighted by atomic mass is 15.4. The SMILES string of the molecule is CCC(C)CN(N)/C=C\N. The van der Waals surface area contributed by atoms with Gasteiger partial charge in [-0.3, -0.25) is 0 Å². The van der Waals surface area contributed by atoms with Crippen LogP contribution >= 0.6 is 0 Å². The maximum absolute atomic E-state index is 5.53. The second kappa shape index (κ2) is 5.11. The van der Waals surface area contributed by atoms with Gasteiger partial charge in [0.25, 0.3) is 0 Å². The first kappa shape index (κ1) is 9.30. The molecule has 10 heavy (non-hydrogen) atoms. The quantitative estimate of drug-likeness (QED) is 0.448. The molecule has 0 saturated heterocycles. The molecule has 60 valence electrons. The summed E-state index contributed by atoms with van der Waals surface area (Å²) in [7, 11) is 0. The molecule has 0 fully saturated rings. The van der Waals surface area contributed by atoms with Crippen LogP contribution in [0, 0.1) is 5.92 Å². The average molecular weight is 143 g/mol. The molecule has 0 aliphatic rings. The molecule has 0 saturated carbocycles. The molecular weight excluding hydrogens is 126 g/mol. The summed E-state index contributed by atoms with van der Waals surface area (Å²) in [5, 5.41) is 1.61. The Morgan fingerprint density at radius 2 is 2.20 bits per heavy atom. The van der Waals surface area contributed by atoms with Crippen LogP contribution in [0.3, 0.4) is 0 Å². The Morgan fingerprint density at radius 1 is 1.60 bits per heavy atom. The van der Waals surface area contributed by atoms with E-state index in [9.17, 15) is 0 Å². The van der Waals surface area contributed by atoms with Crippen molar-refractivity contribution in [3.63, 3.8) is 0 Å². The van der Waals surface area contributed by atoms with Crippen molar-refractivity contribution in [3.05, 3.63) is 12.4 Å². The normalized spacial score (nSPS) is 13.9. The molecule has 0 radical (unpaired) electrons. The van der Waals surface area contributed by atoms with Crippen LogP contribution < -0.4 is 11.6 Å². The Hall–Kier alpha value is -0.700. The van der Waals surface area contributed by atoms with Crippen molar-refractivity contribution >= 4 is 0 Å². The standard InChI is InChI=1S/C7H17N3/c1-3-7(2)6-10(9)5-4-8/h4-5,7H,3,6,8-9H2,1-2H3/b5-4-. The molecule has 3 nitrogen and oxygen atoms in total. The van der Waals surface area contributed by atoms with Gasteiger partial charge in [-0.2, -0.15) is 0 Å². The van der Waals surface area contributed by atoms with E-state index >= 15 is 0 Å². The predicted octanol–water partition coefficient (Wildman–Crippen LogP) is 0.638. The van der Waals surface area contributed by atoms with E-state index in [2.05, 4.69) is 13.8 Å². The van der Waals surface area contributed by atoms with Crippen molar-refractivity contribution in [3.8, 4) is 0 Å². The molecular formula is C7H17N3. The molecule has 3 heteroatoms. The maximum atomic E-state index is 5.53. The highest BCUT2D eigenvalue weighted by Gasteiger charge is 1.99. The Labute approximate surface area is 62.6 Å². The van der Waals surface area contributed by atoms with E-state index < -0.39 is 0 Å². The van der Waals surface area contributed by atoms with Crippen LogP contribution in [0.15, 0.2) is 12.4 Å². The molecule has 0 aromatic rings. The summed E-state index contributed by atoms with van der Waals surface area (Å²) in [6.45, 7) is 5.17. The van der Waals surface area contributed by atoms with Crippen LogP contribution in [0.4, 0.5) is 0 Å². The molecule has 0 aliphatic carbocycles. The summed E-state index contributed by atoms with van der Waals surface area (Å²) < 4.78 is 0. The van der Waals surface area contributed by atoms with Crippen molar-refractivity contribution in [2.24, 2.45) is 17.5 Å². The smallest absolute Gasteiger partial charge is 0.0361 e. The first-order valence-corrected chi connectivity index (χ1v) is 3.60. The lowest BCUT2D eigenvalue weighted by molar-refractivity contribution is 0.323. The van der Waals surface area contributed by atoms with Crippen molar-refractivity contribution in [2.75, 3.05) is 6.54 Å². The lowest BCUT2D eigenvalue weighted by Gasteiger charge is -2.16. The Kier molecular flexibility index (Phi) is 4.76. The molecule has 0 spiro atoms. The molecule has 0 rings (SSSR count). The fourth-order valence-electron chi connectivity index (χ4n) is 0.660. The van der Waals surface area contributed by atoms with E-state index in [0.29, 0.717) is 5.92 Å². The fourth-order valence-corrected chi connectivity index (χ4v) is 0.660. The van der Waals surface area contributed by atoms with E-state index in [1.807, 2.05) is 0 Å². The van der Waals surface area contributed by atoms with Crippen LogP contribution in [0.25, 0.3) is 0 Å². The van der Waals surface area contributed by atoms with Gasteiger partial charge in [-0.15, -0.1) is 0 Å². The van der Waals surface area contributed by atoms with Gasteiger partial charge < -0.3 is 10.7 Å². The molecule has 0 aromatic carbocycles. The minimum Gasteiger partial charge on any atom is -0.403 e. The predicted molar refractivity (Wildman–Crippen MR) is 43.7 cm³/mol. The second-order valence-corrected chi connectivity index (χ2v) is 2.55. The number of nitrogens with two attached hydrogens (primary N) is 2. The molecule has 0 amide bonds. The summed E-state index contributed by atoms with van der Waals surface area (Å²) in [5.41, 5.74) is 5.14. The second-order valence-electron chi connectivity index (χ2n) is 2.55. The van der Waals surface area contributed by atoms with Crippen LogP contribution in [0.1, 0.15) is 20.3 Å². The van der Waals surface area contributed by atoms with Gasteiger partial charge in [0.2, 0.25) is 0 Å². The highest BCUT2D eigenvalue weighted by Crippen LogP contribution is 2.00. The van der Waals surface area contributed by atoms with Gasteiger partial charge in [0.05, 0.1) is 0 Å². The molecule has 1 unspecified atom stereocenters. The number of nitrogens with zero attached hydrogens (tertiary/aromatic N) is 1. The van der Waals surface area contributed by atoms with Gasteiger partial charge in [-0.05, 0) is 5.92 Å². The minimum atomic E-state index is 0.626. The average Bonchev–Trinajstić information content (AvgIpc) is 1.88. The number of rotatable bonds is 4. The van der Waals surface area contributed by atoms with Gasteiger partial charge in [-0.1, -0.05) is 20.3 Å². The number of hydrogen-bond acceptors (Lipinski definition) is 3. The van der Waals surface area contributed by atoms with Gasteiger partial charge in [0.15, 0.2) is 0 Å². The van der Waals surface area contributed by atoms with Gasteiger partial charge in [-0.25, -0.2) is 5.84 Å². The zero-order chi connectivity index (χ0) is 7.98.